The summed E-state index contributed by atoms with van der Waals surface area (Å²) in [4.78, 5) is 25.0. The smallest absolute Gasteiger partial charge is 0.424 e. The van der Waals surface area contributed by atoms with Crippen LogP contribution in [0.25, 0.3) is 11.3 Å². The lowest BCUT2D eigenvalue weighted by Gasteiger charge is -2.40. The SMILES string of the molecule is NC(=O)c1cccc(-c2cnc(N[C@@H]3CCCC[C@H]3N[C@H]3CCCN(c4cnc(C(F)(F)F)nc4)C3)o2)c1. The first-order chi connectivity index (χ1) is 18.3. The summed E-state index contributed by atoms with van der Waals surface area (Å²) in [6.45, 7) is 1.41. The predicted octanol–water partition coefficient (Wildman–Crippen LogP) is 4.23. The van der Waals surface area contributed by atoms with Gasteiger partial charge in [0.15, 0.2) is 5.76 Å². The van der Waals surface area contributed by atoms with Gasteiger partial charge in [-0.25, -0.2) is 15.0 Å². The number of aromatic nitrogens is 3. The van der Waals surface area contributed by atoms with E-state index in [0.29, 0.717) is 29.6 Å². The van der Waals surface area contributed by atoms with Crippen molar-refractivity contribution in [2.24, 2.45) is 5.73 Å². The molecule has 0 radical (unpaired) electrons. The lowest BCUT2D eigenvalue weighted by Crippen LogP contribution is -2.55. The largest absolute Gasteiger partial charge is 0.451 e. The van der Waals surface area contributed by atoms with Crippen molar-refractivity contribution in [1.82, 2.24) is 20.3 Å². The molecule has 12 heteroatoms. The van der Waals surface area contributed by atoms with Crippen molar-refractivity contribution < 1.29 is 22.4 Å². The number of amides is 1. The van der Waals surface area contributed by atoms with E-state index in [4.69, 9.17) is 10.2 Å². The van der Waals surface area contributed by atoms with Crippen LogP contribution in [0.3, 0.4) is 0 Å². The molecule has 2 aliphatic rings. The van der Waals surface area contributed by atoms with E-state index in [1.165, 1.54) is 12.4 Å². The van der Waals surface area contributed by atoms with Gasteiger partial charge in [0.1, 0.15) is 0 Å². The first kappa shape index (κ1) is 26.0. The molecule has 1 aromatic carbocycles. The van der Waals surface area contributed by atoms with Crippen LogP contribution in [0.5, 0.6) is 0 Å². The summed E-state index contributed by atoms with van der Waals surface area (Å²) in [5.41, 5.74) is 7.10. The fourth-order valence-electron chi connectivity index (χ4n) is 5.24. The zero-order valence-electron chi connectivity index (χ0n) is 20.7. The summed E-state index contributed by atoms with van der Waals surface area (Å²) in [7, 11) is 0. The molecule has 5 rings (SSSR count). The molecule has 202 valence electrons. The van der Waals surface area contributed by atoms with E-state index in [-0.39, 0.29) is 18.1 Å². The molecule has 3 atom stereocenters. The number of hydrogen-bond acceptors (Lipinski definition) is 8. The van der Waals surface area contributed by atoms with Crippen LogP contribution in [0.1, 0.15) is 54.7 Å². The average molecular weight is 530 g/mol. The minimum Gasteiger partial charge on any atom is -0.424 e. The molecule has 2 aromatic heterocycles. The molecular weight excluding hydrogens is 499 g/mol. The molecule has 2 fully saturated rings. The Labute approximate surface area is 218 Å². The van der Waals surface area contributed by atoms with Gasteiger partial charge in [-0.2, -0.15) is 13.2 Å². The van der Waals surface area contributed by atoms with Gasteiger partial charge in [-0.1, -0.05) is 25.0 Å². The normalized spacial score (nSPS) is 22.3. The molecule has 1 aliphatic heterocycles. The highest BCUT2D eigenvalue weighted by molar-refractivity contribution is 5.93. The Morgan fingerprint density at radius 3 is 2.53 bits per heavy atom. The van der Waals surface area contributed by atoms with Crippen molar-refractivity contribution in [3.05, 3.63) is 54.2 Å². The van der Waals surface area contributed by atoms with Gasteiger partial charge in [0.25, 0.3) is 6.01 Å². The van der Waals surface area contributed by atoms with E-state index < -0.39 is 17.9 Å². The average Bonchev–Trinajstić information content (AvgIpc) is 3.38. The van der Waals surface area contributed by atoms with E-state index >= 15 is 0 Å². The van der Waals surface area contributed by atoms with Gasteiger partial charge in [0.05, 0.1) is 24.3 Å². The van der Waals surface area contributed by atoms with Gasteiger partial charge in [-0.15, -0.1) is 0 Å². The number of anilines is 2. The molecule has 1 amide bonds. The number of halogens is 3. The third-order valence-electron chi connectivity index (χ3n) is 7.14. The topological polar surface area (TPSA) is 122 Å². The highest BCUT2D eigenvalue weighted by atomic mass is 19.4. The minimum absolute atomic E-state index is 0.108. The van der Waals surface area contributed by atoms with Crippen molar-refractivity contribution in [2.45, 2.75) is 62.8 Å². The molecule has 4 N–H and O–H groups in total. The number of piperidine rings is 1. The number of nitrogens with two attached hydrogens (primary N) is 1. The number of carbonyl (C=O) groups is 1. The summed E-state index contributed by atoms with van der Waals surface area (Å²) in [6.07, 6.45) is 5.60. The van der Waals surface area contributed by atoms with Crippen LogP contribution >= 0.6 is 0 Å². The van der Waals surface area contributed by atoms with Crippen molar-refractivity contribution >= 4 is 17.6 Å². The van der Waals surface area contributed by atoms with Crippen LogP contribution < -0.4 is 21.3 Å². The number of primary amides is 1. The van der Waals surface area contributed by atoms with E-state index in [9.17, 15) is 18.0 Å². The molecule has 0 unspecified atom stereocenters. The predicted molar refractivity (Wildman–Crippen MR) is 136 cm³/mol. The van der Waals surface area contributed by atoms with Crippen LogP contribution in [0.15, 0.2) is 47.3 Å². The Hall–Kier alpha value is -3.67. The summed E-state index contributed by atoms with van der Waals surface area (Å²) in [5, 5.41) is 7.22. The number of nitrogens with one attached hydrogen (secondary N) is 2. The van der Waals surface area contributed by atoms with Crippen LogP contribution in [-0.2, 0) is 6.18 Å². The quantitative estimate of drug-likeness (QED) is 0.416. The van der Waals surface area contributed by atoms with Crippen LogP contribution in [-0.4, -0.2) is 52.1 Å². The lowest BCUT2D eigenvalue weighted by molar-refractivity contribution is -0.145. The van der Waals surface area contributed by atoms with Crippen molar-refractivity contribution in [1.29, 1.82) is 0 Å². The van der Waals surface area contributed by atoms with Gasteiger partial charge < -0.3 is 25.7 Å². The third-order valence-corrected chi connectivity index (χ3v) is 7.14. The van der Waals surface area contributed by atoms with Gasteiger partial charge >= 0.3 is 6.18 Å². The van der Waals surface area contributed by atoms with E-state index in [2.05, 4.69) is 25.6 Å². The lowest BCUT2D eigenvalue weighted by atomic mass is 9.89. The number of alkyl halides is 3. The molecule has 38 heavy (non-hydrogen) atoms. The van der Waals surface area contributed by atoms with Gasteiger partial charge in [0, 0.05) is 42.3 Å². The zero-order valence-corrected chi connectivity index (χ0v) is 20.7. The Morgan fingerprint density at radius 2 is 1.79 bits per heavy atom. The fraction of sp³-hybridized carbons (Fsp3) is 0.462. The van der Waals surface area contributed by atoms with Gasteiger partial charge in [0.2, 0.25) is 11.7 Å². The summed E-state index contributed by atoms with van der Waals surface area (Å²) < 4.78 is 44.4. The maximum atomic E-state index is 12.8. The Morgan fingerprint density at radius 1 is 1.03 bits per heavy atom. The number of oxazole rings is 1. The Balaban J connectivity index is 1.22. The Kier molecular flexibility index (Phi) is 7.50. The van der Waals surface area contributed by atoms with E-state index in [0.717, 1.165) is 50.6 Å². The summed E-state index contributed by atoms with van der Waals surface area (Å²) in [5.74, 6) is -1.09. The molecule has 1 saturated carbocycles. The molecule has 1 aliphatic carbocycles. The van der Waals surface area contributed by atoms with Gasteiger partial charge in [-0.3, -0.25) is 4.79 Å². The maximum Gasteiger partial charge on any atom is 0.451 e. The van der Waals surface area contributed by atoms with Crippen LogP contribution in [0, 0.1) is 0 Å². The minimum atomic E-state index is -4.55. The number of carbonyl (C=O) groups excluding carboxylic acids is 1. The summed E-state index contributed by atoms with van der Waals surface area (Å²) >= 11 is 0. The summed E-state index contributed by atoms with van der Waals surface area (Å²) in [6, 6.07) is 7.79. The zero-order chi connectivity index (χ0) is 26.7. The van der Waals surface area contributed by atoms with E-state index in [1.807, 2.05) is 11.0 Å². The third kappa shape index (κ3) is 6.07. The molecule has 3 aromatic rings. The number of hydrogen-bond donors (Lipinski definition) is 3. The van der Waals surface area contributed by atoms with Crippen molar-refractivity contribution in [3.8, 4) is 11.3 Å². The second-order valence-corrected chi connectivity index (χ2v) is 9.83. The number of benzene rings is 1. The standard InChI is InChI=1S/C26H30F3N7O2/c27-26(28,29)24-31-12-19(13-32-24)36-10-4-7-18(15-36)34-20-8-1-2-9-21(20)35-25-33-14-22(38-25)16-5-3-6-17(11-16)23(30)37/h3,5-6,11-14,18,20-21,34H,1-2,4,7-10,15H2,(H2,30,37)(H,33,35)/t18-,20+,21+/m0/s1. The second-order valence-electron chi connectivity index (χ2n) is 9.83. The maximum absolute atomic E-state index is 12.8. The van der Waals surface area contributed by atoms with Gasteiger partial charge in [-0.05, 0) is 37.8 Å². The highest BCUT2D eigenvalue weighted by Crippen LogP contribution is 2.29. The first-order valence-corrected chi connectivity index (χ1v) is 12.8. The Bertz CT molecular complexity index is 1250. The van der Waals surface area contributed by atoms with E-state index in [1.54, 1.807) is 24.4 Å². The molecule has 0 spiro atoms. The number of nitrogens with zero attached hydrogens (tertiary/aromatic N) is 4. The highest BCUT2D eigenvalue weighted by Gasteiger charge is 2.35. The van der Waals surface area contributed by atoms with Crippen LogP contribution in [0.2, 0.25) is 0 Å². The molecule has 1 saturated heterocycles. The van der Waals surface area contributed by atoms with Crippen LogP contribution in [0.4, 0.5) is 24.9 Å². The monoisotopic (exact) mass is 529 g/mol. The molecule has 0 bridgehead atoms. The molecular formula is C26H30F3N7O2. The molecule has 9 nitrogen and oxygen atoms in total. The second kappa shape index (κ2) is 11.0. The fourth-order valence-corrected chi connectivity index (χ4v) is 5.24. The first-order valence-electron chi connectivity index (χ1n) is 12.8. The number of rotatable bonds is 7. The van der Waals surface area contributed by atoms with Crippen molar-refractivity contribution in [2.75, 3.05) is 23.3 Å². The molecule has 3 heterocycles. The van der Waals surface area contributed by atoms with Crippen molar-refractivity contribution in [3.63, 3.8) is 0 Å².